The van der Waals surface area contributed by atoms with E-state index in [0.717, 1.165) is 38.5 Å². The Hall–Kier alpha value is -1.14. The lowest BCUT2D eigenvalue weighted by molar-refractivity contribution is -0.151. The average Bonchev–Trinajstić information content (AvgIpc) is 3.31. The zero-order valence-corrected chi connectivity index (χ0v) is 45.1. The molecule has 0 spiro atoms. The SMILES string of the molecule is CCCCCCCCCCCCCCCCCCCC(O)C(CO)NC(=O)CC(CCCCCCCCCCCCCCCCCC)OC(=O)CCCCCCCCCCCCCCCC. The van der Waals surface area contributed by atoms with Gasteiger partial charge in [0.25, 0.3) is 0 Å². The van der Waals surface area contributed by atoms with Gasteiger partial charge in [-0.25, -0.2) is 0 Å². The first-order valence-electron chi connectivity index (χ1n) is 30.3. The number of amides is 1. The number of carbonyl (C=O) groups is 2. The molecule has 0 saturated heterocycles. The van der Waals surface area contributed by atoms with Gasteiger partial charge in [-0.2, -0.15) is 0 Å². The number of esters is 1. The van der Waals surface area contributed by atoms with E-state index in [1.165, 1.54) is 263 Å². The van der Waals surface area contributed by atoms with Gasteiger partial charge in [0, 0.05) is 6.42 Å². The number of rotatable bonds is 56. The van der Waals surface area contributed by atoms with Crippen LogP contribution in [0.4, 0.5) is 0 Å². The van der Waals surface area contributed by atoms with E-state index in [2.05, 4.69) is 26.1 Å². The number of carbonyl (C=O) groups excluding carboxylic acids is 2. The number of hydrogen-bond acceptors (Lipinski definition) is 5. The van der Waals surface area contributed by atoms with Crippen LogP contribution in [0, 0.1) is 0 Å². The number of nitrogens with one attached hydrogen (secondary N) is 1. The van der Waals surface area contributed by atoms with E-state index in [9.17, 15) is 19.8 Å². The van der Waals surface area contributed by atoms with Gasteiger partial charge in [0.2, 0.25) is 5.91 Å². The summed E-state index contributed by atoms with van der Waals surface area (Å²) in [5, 5.41) is 23.9. The number of unbranched alkanes of at least 4 members (excludes halogenated alkanes) is 44. The molecule has 394 valence electrons. The smallest absolute Gasteiger partial charge is 0.306 e. The second-order valence-corrected chi connectivity index (χ2v) is 21.1. The third-order valence-corrected chi connectivity index (χ3v) is 14.4. The second kappa shape index (κ2) is 54.8. The Morgan fingerprint density at radius 1 is 0.379 bits per heavy atom. The van der Waals surface area contributed by atoms with Crippen LogP contribution in [0.3, 0.4) is 0 Å². The van der Waals surface area contributed by atoms with E-state index in [4.69, 9.17) is 4.74 Å². The van der Waals surface area contributed by atoms with Gasteiger partial charge < -0.3 is 20.3 Å². The quantitative estimate of drug-likeness (QED) is 0.0417. The topological polar surface area (TPSA) is 95.9 Å². The van der Waals surface area contributed by atoms with E-state index in [-0.39, 0.29) is 24.9 Å². The van der Waals surface area contributed by atoms with E-state index in [1.54, 1.807) is 0 Å². The molecule has 0 aromatic heterocycles. The lowest BCUT2D eigenvalue weighted by Crippen LogP contribution is -2.46. The van der Waals surface area contributed by atoms with Crippen LogP contribution in [0.5, 0.6) is 0 Å². The highest BCUT2D eigenvalue weighted by Crippen LogP contribution is 2.20. The minimum atomic E-state index is -0.781. The fourth-order valence-electron chi connectivity index (χ4n) is 9.85. The van der Waals surface area contributed by atoms with Crippen molar-refractivity contribution in [2.24, 2.45) is 0 Å². The summed E-state index contributed by atoms with van der Waals surface area (Å²) in [6.45, 7) is 6.55. The van der Waals surface area contributed by atoms with E-state index >= 15 is 0 Å². The minimum absolute atomic E-state index is 0.0889. The fraction of sp³-hybridized carbons (Fsp3) is 0.967. The molecule has 3 N–H and O–H groups in total. The summed E-state index contributed by atoms with van der Waals surface area (Å²) in [6.07, 6.45) is 61.7. The van der Waals surface area contributed by atoms with Crippen molar-refractivity contribution in [1.82, 2.24) is 5.32 Å². The molecule has 3 atom stereocenters. The van der Waals surface area contributed by atoms with Gasteiger partial charge in [-0.15, -0.1) is 0 Å². The van der Waals surface area contributed by atoms with Gasteiger partial charge in [-0.1, -0.05) is 310 Å². The number of hydrogen-bond donors (Lipinski definition) is 3. The summed E-state index contributed by atoms with van der Waals surface area (Å²) in [7, 11) is 0. The Bertz CT molecular complexity index is 959. The maximum Gasteiger partial charge on any atom is 0.306 e. The van der Waals surface area contributed by atoms with Crippen LogP contribution in [0.25, 0.3) is 0 Å². The molecule has 66 heavy (non-hydrogen) atoms. The van der Waals surface area contributed by atoms with E-state index in [1.807, 2.05) is 0 Å². The van der Waals surface area contributed by atoms with Crippen LogP contribution in [0.15, 0.2) is 0 Å². The van der Waals surface area contributed by atoms with Crippen LogP contribution < -0.4 is 5.32 Å². The van der Waals surface area contributed by atoms with Crippen molar-refractivity contribution in [3.8, 4) is 0 Å². The maximum absolute atomic E-state index is 13.3. The molecule has 0 radical (unpaired) electrons. The molecule has 0 rings (SSSR count). The van der Waals surface area contributed by atoms with E-state index < -0.39 is 18.2 Å². The Balaban J connectivity index is 4.46. The summed E-state index contributed by atoms with van der Waals surface area (Å²) >= 11 is 0. The summed E-state index contributed by atoms with van der Waals surface area (Å²) in [6, 6.07) is -0.694. The molecular formula is C60H119NO5. The van der Waals surface area contributed by atoms with Crippen molar-refractivity contribution < 1.29 is 24.5 Å². The largest absolute Gasteiger partial charge is 0.462 e. The molecule has 6 heteroatoms. The van der Waals surface area contributed by atoms with Crippen LogP contribution >= 0.6 is 0 Å². The van der Waals surface area contributed by atoms with Gasteiger partial charge in [0.05, 0.1) is 25.2 Å². The third-order valence-electron chi connectivity index (χ3n) is 14.4. The lowest BCUT2D eigenvalue weighted by atomic mass is 10.0. The first kappa shape index (κ1) is 64.9. The normalized spacial score (nSPS) is 13.0. The van der Waals surface area contributed by atoms with Gasteiger partial charge in [0.15, 0.2) is 0 Å². The molecule has 0 aliphatic heterocycles. The molecule has 0 saturated carbocycles. The maximum atomic E-state index is 13.3. The van der Waals surface area contributed by atoms with Gasteiger partial charge in [-0.05, 0) is 25.7 Å². The number of aliphatic hydroxyl groups is 2. The third kappa shape index (κ3) is 49.3. The molecule has 0 aromatic rings. The Morgan fingerprint density at radius 2 is 0.636 bits per heavy atom. The fourth-order valence-corrected chi connectivity index (χ4v) is 9.85. The van der Waals surface area contributed by atoms with Crippen LogP contribution in [-0.2, 0) is 14.3 Å². The lowest BCUT2D eigenvalue weighted by Gasteiger charge is -2.24. The number of aliphatic hydroxyl groups excluding tert-OH is 2. The predicted molar refractivity (Wildman–Crippen MR) is 287 cm³/mol. The minimum Gasteiger partial charge on any atom is -0.462 e. The van der Waals surface area contributed by atoms with Gasteiger partial charge in [0.1, 0.15) is 6.10 Å². The van der Waals surface area contributed by atoms with Crippen molar-refractivity contribution in [3.63, 3.8) is 0 Å². The molecule has 3 unspecified atom stereocenters. The summed E-state index contributed by atoms with van der Waals surface area (Å²) < 4.78 is 5.98. The van der Waals surface area contributed by atoms with E-state index in [0.29, 0.717) is 19.3 Å². The predicted octanol–water partition coefficient (Wildman–Crippen LogP) is 18.7. The molecule has 0 aliphatic carbocycles. The van der Waals surface area contributed by atoms with Gasteiger partial charge >= 0.3 is 5.97 Å². The number of ether oxygens (including phenoxy) is 1. The summed E-state index contributed by atoms with van der Waals surface area (Å²) in [5.74, 6) is -0.443. The molecule has 0 aromatic carbocycles. The summed E-state index contributed by atoms with van der Waals surface area (Å²) in [5.41, 5.74) is 0. The van der Waals surface area contributed by atoms with Crippen molar-refractivity contribution in [2.45, 2.75) is 366 Å². The van der Waals surface area contributed by atoms with Gasteiger partial charge in [-0.3, -0.25) is 9.59 Å². The standard InChI is InChI=1S/C60H119NO5/c1-4-7-10-13-16-19-22-25-28-30-32-34-37-40-43-46-49-52-58(63)57(55-62)61-59(64)54-56(51-48-45-42-39-36-33-31-29-26-23-20-17-14-11-8-5-2)66-60(65)53-50-47-44-41-38-35-27-24-21-18-15-12-9-6-3/h56-58,62-63H,4-55H2,1-3H3,(H,61,64). The zero-order chi connectivity index (χ0) is 48.1. The molecular weight excluding hydrogens is 815 g/mol. The molecule has 0 fully saturated rings. The first-order valence-corrected chi connectivity index (χ1v) is 30.3. The average molecular weight is 935 g/mol. The van der Waals surface area contributed by atoms with Crippen molar-refractivity contribution >= 4 is 11.9 Å². The Morgan fingerprint density at radius 3 is 0.924 bits per heavy atom. The Labute approximate surface area is 413 Å². The molecule has 1 amide bonds. The molecule has 0 aliphatic rings. The monoisotopic (exact) mass is 934 g/mol. The molecule has 0 heterocycles. The first-order chi connectivity index (χ1) is 32.5. The molecule has 0 bridgehead atoms. The van der Waals surface area contributed by atoms with Crippen LogP contribution in [-0.4, -0.2) is 46.9 Å². The van der Waals surface area contributed by atoms with Crippen molar-refractivity contribution in [2.75, 3.05) is 6.61 Å². The van der Waals surface area contributed by atoms with Crippen LogP contribution in [0.2, 0.25) is 0 Å². The van der Waals surface area contributed by atoms with Crippen molar-refractivity contribution in [3.05, 3.63) is 0 Å². The second-order valence-electron chi connectivity index (χ2n) is 21.1. The van der Waals surface area contributed by atoms with Crippen LogP contribution in [0.1, 0.15) is 348 Å². The Kier molecular flexibility index (Phi) is 53.8. The van der Waals surface area contributed by atoms with Crippen molar-refractivity contribution in [1.29, 1.82) is 0 Å². The highest BCUT2D eigenvalue weighted by Gasteiger charge is 2.24. The highest BCUT2D eigenvalue weighted by molar-refractivity contribution is 5.77. The zero-order valence-electron chi connectivity index (χ0n) is 45.1. The molecule has 6 nitrogen and oxygen atoms in total. The highest BCUT2D eigenvalue weighted by atomic mass is 16.5. The summed E-state index contributed by atoms with van der Waals surface area (Å²) in [4.78, 5) is 26.3.